The van der Waals surface area contributed by atoms with Crippen molar-refractivity contribution in [2.45, 2.75) is 25.7 Å². The number of rotatable bonds is 6. The SMILES string of the molecule is COCCCC(=O)N1CCC(CCO)C1. The number of amides is 1. The summed E-state index contributed by atoms with van der Waals surface area (Å²) in [4.78, 5) is 13.6. The van der Waals surface area contributed by atoms with Crippen LogP contribution in [0.2, 0.25) is 0 Å². The number of carbonyl (C=O) groups is 1. The van der Waals surface area contributed by atoms with E-state index >= 15 is 0 Å². The highest BCUT2D eigenvalue weighted by atomic mass is 16.5. The maximum absolute atomic E-state index is 11.7. The zero-order valence-corrected chi connectivity index (χ0v) is 9.45. The van der Waals surface area contributed by atoms with Crippen molar-refractivity contribution >= 4 is 5.91 Å². The Balaban J connectivity index is 2.18. The Morgan fingerprint density at radius 3 is 3.07 bits per heavy atom. The van der Waals surface area contributed by atoms with Crippen molar-refractivity contribution in [1.29, 1.82) is 0 Å². The second-order valence-corrected chi connectivity index (χ2v) is 4.10. The van der Waals surface area contributed by atoms with Crippen LogP contribution in [0.3, 0.4) is 0 Å². The van der Waals surface area contributed by atoms with Crippen LogP contribution < -0.4 is 0 Å². The van der Waals surface area contributed by atoms with Crippen LogP contribution in [0.4, 0.5) is 0 Å². The second-order valence-electron chi connectivity index (χ2n) is 4.10. The zero-order valence-electron chi connectivity index (χ0n) is 9.45. The maximum atomic E-state index is 11.7. The summed E-state index contributed by atoms with van der Waals surface area (Å²) in [6, 6.07) is 0. The molecule has 1 aliphatic rings. The van der Waals surface area contributed by atoms with Crippen molar-refractivity contribution in [3.05, 3.63) is 0 Å². The Kier molecular flexibility index (Phi) is 5.65. The molecular weight excluding hydrogens is 194 g/mol. The summed E-state index contributed by atoms with van der Waals surface area (Å²) in [6.45, 7) is 2.57. The molecule has 1 aliphatic heterocycles. The molecule has 1 atom stereocenters. The molecule has 88 valence electrons. The number of carbonyl (C=O) groups excluding carboxylic acids is 1. The van der Waals surface area contributed by atoms with Crippen LogP contribution in [0.25, 0.3) is 0 Å². The van der Waals surface area contributed by atoms with Gasteiger partial charge in [-0.1, -0.05) is 0 Å². The van der Waals surface area contributed by atoms with Gasteiger partial charge in [0.25, 0.3) is 0 Å². The van der Waals surface area contributed by atoms with Gasteiger partial charge in [0.15, 0.2) is 0 Å². The number of nitrogens with zero attached hydrogens (tertiary/aromatic N) is 1. The molecule has 0 bridgehead atoms. The fraction of sp³-hybridized carbons (Fsp3) is 0.909. The minimum Gasteiger partial charge on any atom is -0.396 e. The highest BCUT2D eigenvalue weighted by Gasteiger charge is 2.24. The van der Waals surface area contributed by atoms with Crippen LogP contribution >= 0.6 is 0 Å². The monoisotopic (exact) mass is 215 g/mol. The van der Waals surface area contributed by atoms with Gasteiger partial charge in [0.05, 0.1) is 0 Å². The molecule has 4 nitrogen and oxygen atoms in total. The molecule has 1 unspecified atom stereocenters. The highest BCUT2D eigenvalue weighted by Crippen LogP contribution is 2.19. The molecule has 0 aromatic heterocycles. The summed E-state index contributed by atoms with van der Waals surface area (Å²) in [6.07, 6.45) is 3.24. The summed E-state index contributed by atoms with van der Waals surface area (Å²) in [5.74, 6) is 0.730. The number of hydrogen-bond acceptors (Lipinski definition) is 3. The van der Waals surface area contributed by atoms with E-state index in [9.17, 15) is 4.79 Å². The fourth-order valence-corrected chi connectivity index (χ4v) is 2.00. The van der Waals surface area contributed by atoms with E-state index in [4.69, 9.17) is 9.84 Å². The molecule has 0 spiro atoms. The lowest BCUT2D eigenvalue weighted by Gasteiger charge is -2.16. The van der Waals surface area contributed by atoms with E-state index in [0.717, 1.165) is 32.4 Å². The number of aliphatic hydroxyl groups excluding tert-OH is 1. The van der Waals surface area contributed by atoms with Crippen LogP contribution in [0, 0.1) is 5.92 Å². The standard InChI is InChI=1S/C11H21NO3/c1-15-8-2-3-11(14)12-6-4-10(9-12)5-7-13/h10,13H,2-9H2,1H3. The molecule has 1 amide bonds. The first-order chi connectivity index (χ1) is 7.27. The van der Waals surface area contributed by atoms with Gasteiger partial charge in [0.1, 0.15) is 0 Å². The second kappa shape index (κ2) is 6.80. The molecule has 0 saturated carbocycles. The summed E-state index contributed by atoms with van der Waals surface area (Å²) >= 11 is 0. The Bertz CT molecular complexity index is 196. The Hall–Kier alpha value is -0.610. The Labute approximate surface area is 91.2 Å². The lowest BCUT2D eigenvalue weighted by Crippen LogP contribution is -2.28. The van der Waals surface area contributed by atoms with Crippen LogP contribution in [-0.4, -0.2) is 49.3 Å². The molecule has 1 heterocycles. The van der Waals surface area contributed by atoms with Gasteiger partial charge in [-0.2, -0.15) is 0 Å². The van der Waals surface area contributed by atoms with Crippen LogP contribution in [-0.2, 0) is 9.53 Å². The van der Waals surface area contributed by atoms with Gasteiger partial charge in [-0.25, -0.2) is 0 Å². The number of likely N-dealkylation sites (tertiary alicyclic amines) is 1. The summed E-state index contributed by atoms with van der Waals surface area (Å²) in [5.41, 5.74) is 0. The third-order valence-corrected chi connectivity index (χ3v) is 2.92. The Morgan fingerprint density at radius 2 is 2.40 bits per heavy atom. The van der Waals surface area contributed by atoms with Crippen molar-refractivity contribution in [3.63, 3.8) is 0 Å². The molecule has 15 heavy (non-hydrogen) atoms. The van der Waals surface area contributed by atoms with E-state index in [1.807, 2.05) is 4.90 Å². The van der Waals surface area contributed by atoms with E-state index in [1.54, 1.807) is 7.11 Å². The van der Waals surface area contributed by atoms with Crippen LogP contribution in [0.1, 0.15) is 25.7 Å². The normalized spacial score (nSPS) is 20.9. The number of hydrogen-bond donors (Lipinski definition) is 1. The maximum Gasteiger partial charge on any atom is 0.222 e. The van der Waals surface area contributed by atoms with Gasteiger partial charge in [-0.05, 0) is 25.2 Å². The smallest absolute Gasteiger partial charge is 0.222 e. The van der Waals surface area contributed by atoms with Gasteiger partial charge in [-0.3, -0.25) is 4.79 Å². The van der Waals surface area contributed by atoms with Crippen molar-refractivity contribution in [2.75, 3.05) is 33.4 Å². The fourth-order valence-electron chi connectivity index (χ4n) is 2.00. The molecule has 0 radical (unpaired) electrons. The zero-order chi connectivity index (χ0) is 11.1. The highest BCUT2D eigenvalue weighted by molar-refractivity contribution is 5.76. The number of ether oxygens (including phenoxy) is 1. The summed E-state index contributed by atoms with van der Waals surface area (Å²) in [7, 11) is 1.65. The molecule has 1 saturated heterocycles. The molecule has 1 N–H and O–H groups in total. The summed E-state index contributed by atoms with van der Waals surface area (Å²) < 4.78 is 4.91. The van der Waals surface area contributed by atoms with Gasteiger partial charge in [0, 0.05) is 39.8 Å². The minimum absolute atomic E-state index is 0.229. The lowest BCUT2D eigenvalue weighted by atomic mass is 10.1. The van der Waals surface area contributed by atoms with Gasteiger partial charge < -0.3 is 14.7 Å². The minimum atomic E-state index is 0.229. The predicted octanol–water partition coefficient (Wildman–Crippen LogP) is 0.644. The van der Waals surface area contributed by atoms with Gasteiger partial charge in [0.2, 0.25) is 5.91 Å². The van der Waals surface area contributed by atoms with Crippen LogP contribution in [0.5, 0.6) is 0 Å². The summed E-state index contributed by atoms with van der Waals surface area (Å²) in [5, 5.41) is 8.80. The topological polar surface area (TPSA) is 49.8 Å². The molecule has 0 aliphatic carbocycles. The molecule has 0 aromatic carbocycles. The molecular formula is C11H21NO3. The first kappa shape index (κ1) is 12.5. The molecule has 1 fully saturated rings. The third-order valence-electron chi connectivity index (χ3n) is 2.92. The quantitative estimate of drug-likeness (QED) is 0.662. The van der Waals surface area contributed by atoms with E-state index in [0.29, 0.717) is 18.9 Å². The van der Waals surface area contributed by atoms with Crippen molar-refractivity contribution in [1.82, 2.24) is 4.90 Å². The van der Waals surface area contributed by atoms with Crippen molar-refractivity contribution in [2.24, 2.45) is 5.92 Å². The molecule has 0 aromatic rings. The predicted molar refractivity (Wildman–Crippen MR) is 57.5 cm³/mol. The van der Waals surface area contributed by atoms with Gasteiger partial charge in [-0.15, -0.1) is 0 Å². The van der Waals surface area contributed by atoms with Crippen molar-refractivity contribution in [3.8, 4) is 0 Å². The lowest BCUT2D eigenvalue weighted by molar-refractivity contribution is -0.130. The average molecular weight is 215 g/mol. The third kappa shape index (κ3) is 4.18. The van der Waals surface area contributed by atoms with E-state index in [2.05, 4.69) is 0 Å². The first-order valence-electron chi connectivity index (χ1n) is 5.65. The van der Waals surface area contributed by atoms with E-state index in [-0.39, 0.29) is 12.5 Å². The number of methoxy groups -OCH3 is 1. The Morgan fingerprint density at radius 1 is 1.60 bits per heavy atom. The van der Waals surface area contributed by atoms with E-state index < -0.39 is 0 Å². The first-order valence-corrected chi connectivity index (χ1v) is 5.65. The molecule has 4 heteroatoms. The number of aliphatic hydroxyl groups is 1. The van der Waals surface area contributed by atoms with Crippen LogP contribution in [0.15, 0.2) is 0 Å². The van der Waals surface area contributed by atoms with Crippen molar-refractivity contribution < 1.29 is 14.6 Å². The van der Waals surface area contributed by atoms with E-state index in [1.165, 1.54) is 0 Å². The van der Waals surface area contributed by atoms with Gasteiger partial charge >= 0.3 is 0 Å². The molecule has 1 rings (SSSR count). The largest absolute Gasteiger partial charge is 0.396 e. The average Bonchev–Trinajstić information content (AvgIpc) is 2.67.